The van der Waals surface area contributed by atoms with Crippen LogP contribution in [0.5, 0.6) is 0 Å². The Morgan fingerprint density at radius 2 is 2.26 bits per heavy atom. The van der Waals surface area contributed by atoms with Crippen molar-refractivity contribution in [2.24, 2.45) is 0 Å². The van der Waals surface area contributed by atoms with Gasteiger partial charge in [0.05, 0.1) is 17.9 Å². The zero-order valence-corrected chi connectivity index (χ0v) is 10.7. The lowest BCUT2D eigenvalue weighted by molar-refractivity contribution is 0.298. The Labute approximate surface area is 110 Å². The number of aromatic nitrogens is 3. The highest BCUT2D eigenvalue weighted by Gasteiger charge is 2.07. The van der Waals surface area contributed by atoms with Crippen LogP contribution in [0.15, 0.2) is 29.2 Å². The maximum atomic E-state index is 11.8. The van der Waals surface area contributed by atoms with E-state index in [1.165, 1.54) is 0 Å². The number of H-pyrrole nitrogens is 1. The molecule has 0 radical (unpaired) electrons. The van der Waals surface area contributed by atoms with E-state index < -0.39 is 0 Å². The van der Waals surface area contributed by atoms with E-state index in [0.29, 0.717) is 30.2 Å². The molecule has 0 spiro atoms. The minimum Gasteiger partial charge on any atom is -0.396 e. The first kappa shape index (κ1) is 13.2. The topological polar surface area (TPSA) is 90.9 Å². The summed E-state index contributed by atoms with van der Waals surface area (Å²) >= 11 is 0. The Morgan fingerprint density at radius 1 is 1.42 bits per heavy atom. The molecule has 2 rings (SSSR count). The van der Waals surface area contributed by atoms with Crippen LogP contribution < -0.4 is 10.9 Å². The number of anilines is 1. The van der Waals surface area contributed by atoms with E-state index in [4.69, 9.17) is 5.11 Å². The van der Waals surface area contributed by atoms with Crippen molar-refractivity contribution in [3.05, 3.63) is 51.7 Å². The summed E-state index contributed by atoms with van der Waals surface area (Å²) in [6, 6.07) is 5.63. The molecule has 0 atom stereocenters. The molecular formula is C13H16N4O2. The van der Waals surface area contributed by atoms with Gasteiger partial charge in [0.1, 0.15) is 0 Å². The SMILES string of the molecule is Cc1nc(NCc2ccccn2)[nH]c(=O)c1CCO. The fraction of sp³-hybridized carbons (Fsp3) is 0.308. The van der Waals surface area contributed by atoms with Crippen LogP contribution in [-0.2, 0) is 13.0 Å². The van der Waals surface area contributed by atoms with Crippen LogP contribution >= 0.6 is 0 Å². The van der Waals surface area contributed by atoms with Gasteiger partial charge in [-0.1, -0.05) is 6.07 Å². The average Bonchev–Trinajstić information content (AvgIpc) is 2.42. The second-order valence-corrected chi connectivity index (χ2v) is 4.13. The van der Waals surface area contributed by atoms with Crippen molar-refractivity contribution in [2.75, 3.05) is 11.9 Å². The van der Waals surface area contributed by atoms with Crippen molar-refractivity contribution in [3.8, 4) is 0 Å². The Morgan fingerprint density at radius 3 is 2.89 bits per heavy atom. The normalized spacial score (nSPS) is 10.4. The lowest BCUT2D eigenvalue weighted by Gasteiger charge is -2.08. The number of rotatable bonds is 5. The van der Waals surface area contributed by atoms with Gasteiger partial charge >= 0.3 is 0 Å². The van der Waals surface area contributed by atoms with Gasteiger partial charge < -0.3 is 10.4 Å². The number of aromatic amines is 1. The Kier molecular flexibility index (Phi) is 4.25. The minimum atomic E-state index is -0.218. The van der Waals surface area contributed by atoms with Crippen molar-refractivity contribution in [3.63, 3.8) is 0 Å². The number of aliphatic hydroxyl groups excluding tert-OH is 1. The Hall–Kier alpha value is -2.21. The zero-order chi connectivity index (χ0) is 13.7. The molecule has 0 saturated carbocycles. The maximum Gasteiger partial charge on any atom is 0.255 e. The van der Waals surface area contributed by atoms with Gasteiger partial charge in [-0.25, -0.2) is 4.98 Å². The van der Waals surface area contributed by atoms with Gasteiger partial charge in [0.25, 0.3) is 5.56 Å². The van der Waals surface area contributed by atoms with Crippen molar-refractivity contribution in [1.82, 2.24) is 15.0 Å². The molecule has 0 unspecified atom stereocenters. The van der Waals surface area contributed by atoms with Gasteiger partial charge in [-0.3, -0.25) is 14.8 Å². The second-order valence-electron chi connectivity index (χ2n) is 4.13. The molecule has 0 bridgehead atoms. The molecule has 3 N–H and O–H groups in total. The predicted octanol–water partition coefficient (Wildman–Crippen LogP) is 0.620. The molecule has 0 aliphatic carbocycles. The summed E-state index contributed by atoms with van der Waals surface area (Å²) in [5.74, 6) is 0.412. The van der Waals surface area contributed by atoms with Gasteiger partial charge in [0.15, 0.2) is 0 Å². The Bertz CT molecular complexity index is 595. The first-order chi connectivity index (χ1) is 9.20. The van der Waals surface area contributed by atoms with Crippen LogP contribution in [0.2, 0.25) is 0 Å². The highest BCUT2D eigenvalue weighted by molar-refractivity contribution is 5.30. The van der Waals surface area contributed by atoms with Crippen LogP contribution in [-0.4, -0.2) is 26.7 Å². The zero-order valence-electron chi connectivity index (χ0n) is 10.7. The third kappa shape index (κ3) is 3.38. The van der Waals surface area contributed by atoms with E-state index in [2.05, 4.69) is 20.3 Å². The summed E-state index contributed by atoms with van der Waals surface area (Å²) in [5, 5.41) is 11.9. The first-order valence-corrected chi connectivity index (χ1v) is 6.05. The van der Waals surface area contributed by atoms with E-state index in [1.807, 2.05) is 18.2 Å². The monoisotopic (exact) mass is 260 g/mol. The van der Waals surface area contributed by atoms with Gasteiger partial charge in [0, 0.05) is 24.8 Å². The molecular weight excluding hydrogens is 244 g/mol. The van der Waals surface area contributed by atoms with E-state index in [-0.39, 0.29) is 12.2 Å². The molecule has 0 amide bonds. The predicted molar refractivity (Wildman–Crippen MR) is 71.9 cm³/mol. The van der Waals surface area contributed by atoms with Crippen molar-refractivity contribution in [1.29, 1.82) is 0 Å². The molecule has 0 aliphatic rings. The summed E-state index contributed by atoms with van der Waals surface area (Å²) in [4.78, 5) is 22.9. The number of pyridine rings is 1. The number of hydrogen-bond donors (Lipinski definition) is 3. The van der Waals surface area contributed by atoms with Crippen molar-refractivity contribution in [2.45, 2.75) is 19.9 Å². The fourth-order valence-electron chi connectivity index (χ4n) is 1.78. The van der Waals surface area contributed by atoms with E-state index >= 15 is 0 Å². The summed E-state index contributed by atoms with van der Waals surface area (Å²) in [6.07, 6.45) is 2.03. The van der Waals surface area contributed by atoms with Crippen LogP contribution in [0.3, 0.4) is 0 Å². The third-order valence-electron chi connectivity index (χ3n) is 2.75. The average molecular weight is 260 g/mol. The summed E-state index contributed by atoms with van der Waals surface area (Å²) < 4.78 is 0. The third-order valence-corrected chi connectivity index (χ3v) is 2.75. The molecule has 0 aromatic carbocycles. The molecule has 2 aromatic heterocycles. The molecule has 100 valence electrons. The number of aliphatic hydroxyl groups is 1. The van der Waals surface area contributed by atoms with Crippen molar-refractivity contribution < 1.29 is 5.11 Å². The number of nitrogens with one attached hydrogen (secondary N) is 2. The largest absolute Gasteiger partial charge is 0.396 e. The molecule has 0 fully saturated rings. The second kappa shape index (κ2) is 6.10. The van der Waals surface area contributed by atoms with Gasteiger partial charge in [-0.15, -0.1) is 0 Å². The van der Waals surface area contributed by atoms with Crippen LogP contribution in [0, 0.1) is 6.92 Å². The van der Waals surface area contributed by atoms with Crippen LogP contribution in [0.1, 0.15) is 17.0 Å². The van der Waals surface area contributed by atoms with Gasteiger partial charge in [0.2, 0.25) is 5.95 Å². The first-order valence-electron chi connectivity index (χ1n) is 6.05. The lowest BCUT2D eigenvalue weighted by Crippen LogP contribution is -2.20. The standard InChI is InChI=1S/C13H16N4O2/c1-9-11(5-7-18)12(19)17-13(16-9)15-8-10-4-2-3-6-14-10/h2-4,6,18H,5,7-8H2,1H3,(H2,15,16,17,19). The van der Waals surface area contributed by atoms with E-state index in [0.717, 1.165) is 5.69 Å². The number of nitrogens with zero attached hydrogens (tertiary/aromatic N) is 2. The maximum absolute atomic E-state index is 11.8. The lowest BCUT2D eigenvalue weighted by atomic mass is 10.2. The van der Waals surface area contributed by atoms with Gasteiger partial charge in [-0.05, 0) is 19.1 Å². The van der Waals surface area contributed by atoms with Crippen LogP contribution in [0.4, 0.5) is 5.95 Å². The fourth-order valence-corrected chi connectivity index (χ4v) is 1.78. The molecule has 2 heterocycles. The molecule has 2 aromatic rings. The number of aryl methyl sites for hydroxylation is 1. The highest BCUT2D eigenvalue weighted by atomic mass is 16.3. The summed E-state index contributed by atoms with van der Waals surface area (Å²) in [6.45, 7) is 2.18. The van der Waals surface area contributed by atoms with Crippen LogP contribution in [0.25, 0.3) is 0 Å². The molecule has 19 heavy (non-hydrogen) atoms. The van der Waals surface area contributed by atoms with Crippen molar-refractivity contribution >= 4 is 5.95 Å². The van der Waals surface area contributed by atoms with Gasteiger partial charge in [-0.2, -0.15) is 0 Å². The molecule has 0 saturated heterocycles. The minimum absolute atomic E-state index is 0.0632. The van der Waals surface area contributed by atoms with E-state index in [9.17, 15) is 4.79 Å². The summed E-state index contributed by atoms with van der Waals surface area (Å²) in [7, 11) is 0. The highest BCUT2D eigenvalue weighted by Crippen LogP contribution is 2.04. The molecule has 0 aliphatic heterocycles. The molecule has 6 heteroatoms. The van der Waals surface area contributed by atoms with E-state index in [1.54, 1.807) is 13.1 Å². The summed E-state index contributed by atoms with van der Waals surface area (Å²) in [5.41, 5.74) is 1.79. The quantitative estimate of drug-likeness (QED) is 0.733. The number of hydrogen-bond acceptors (Lipinski definition) is 5. The smallest absolute Gasteiger partial charge is 0.255 e. The molecule has 6 nitrogen and oxygen atoms in total. The Balaban J connectivity index is 2.12.